The number of hydrogen-bond donors (Lipinski definition) is 3. The first-order valence-corrected chi connectivity index (χ1v) is 12.4. The summed E-state index contributed by atoms with van der Waals surface area (Å²) in [5.74, 6) is -0.382. The molecule has 1 aromatic carbocycles. The van der Waals surface area contributed by atoms with Gasteiger partial charge in [-0.25, -0.2) is 13.4 Å². The van der Waals surface area contributed by atoms with E-state index < -0.39 is 15.7 Å². The van der Waals surface area contributed by atoms with Gasteiger partial charge in [0.1, 0.15) is 0 Å². The van der Waals surface area contributed by atoms with Crippen molar-refractivity contribution in [2.75, 3.05) is 16.9 Å². The summed E-state index contributed by atoms with van der Waals surface area (Å²) in [5, 5.41) is 13.1. The Morgan fingerprint density at radius 3 is 2.50 bits per heavy atom. The fraction of sp³-hybridized carbons (Fsp3) is 0.174. The first kappa shape index (κ1) is 21.7. The zero-order chi connectivity index (χ0) is 23.9. The Kier molecular flexibility index (Phi) is 5.33. The molecule has 3 aromatic heterocycles. The van der Waals surface area contributed by atoms with Gasteiger partial charge >= 0.3 is 0 Å². The largest absolute Gasteiger partial charge is 0.324 e. The van der Waals surface area contributed by atoms with Crippen LogP contribution in [0.15, 0.2) is 60.0 Å². The van der Waals surface area contributed by atoms with Crippen LogP contribution in [0, 0.1) is 5.92 Å². The molecule has 34 heavy (non-hydrogen) atoms. The Bertz CT molecular complexity index is 1520. The molecule has 0 saturated heterocycles. The second kappa shape index (κ2) is 8.34. The Hall–Kier alpha value is -4.12. The monoisotopic (exact) mass is 476 g/mol. The van der Waals surface area contributed by atoms with Gasteiger partial charge in [-0.1, -0.05) is 6.07 Å². The number of anilines is 2. The quantitative estimate of drug-likeness (QED) is 0.387. The van der Waals surface area contributed by atoms with Gasteiger partial charge in [0.25, 0.3) is 5.91 Å². The van der Waals surface area contributed by atoms with Crippen molar-refractivity contribution in [1.29, 1.82) is 0 Å². The van der Waals surface area contributed by atoms with Crippen LogP contribution >= 0.6 is 0 Å². The van der Waals surface area contributed by atoms with E-state index in [1.165, 1.54) is 18.3 Å². The number of sulfone groups is 1. The molecule has 0 unspecified atom stereocenters. The standard InChI is InChI=1S/C23H20N6O4S/c1-34(32,33)20-7-5-16(12-25-20)26-23(31)21-18-9-14(4-6-19(18)28-29-21)15-8-17(11-24-10-15)27-22(30)13-2-3-13/h4-13H,2-3H2,1H3,(H,26,31)(H,27,30)(H,28,29). The maximum absolute atomic E-state index is 12.9. The van der Waals surface area contributed by atoms with E-state index in [0.717, 1.165) is 30.2 Å². The summed E-state index contributed by atoms with van der Waals surface area (Å²) in [5.41, 5.74) is 3.39. The number of fused-ring (bicyclic) bond motifs is 1. The Balaban J connectivity index is 1.40. The number of benzene rings is 1. The van der Waals surface area contributed by atoms with Crippen molar-refractivity contribution < 1.29 is 18.0 Å². The number of hydrogen-bond acceptors (Lipinski definition) is 7. The van der Waals surface area contributed by atoms with Crippen molar-refractivity contribution in [3.05, 3.63) is 60.7 Å². The van der Waals surface area contributed by atoms with Gasteiger partial charge in [0.15, 0.2) is 20.6 Å². The van der Waals surface area contributed by atoms with E-state index in [4.69, 9.17) is 0 Å². The normalized spacial score (nSPS) is 13.6. The molecule has 4 aromatic rings. The van der Waals surface area contributed by atoms with Gasteiger partial charge < -0.3 is 10.6 Å². The van der Waals surface area contributed by atoms with Crippen LogP contribution in [-0.4, -0.2) is 46.7 Å². The lowest BCUT2D eigenvalue weighted by molar-refractivity contribution is -0.117. The number of aromatic amines is 1. The van der Waals surface area contributed by atoms with Gasteiger partial charge in [-0.05, 0) is 48.7 Å². The zero-order valence-electron chi connectivity index (χ0n) is 18.1. The molecule has 0 aliphatic heterocycles. The maximum Gasteiger partial charge on any atom is 0.276 e. The highest BCUT2D eigenvalue weighted by molar-refractivity contribution is 7.90. The second-order valence-corrected chi connectivity index (χ2v) is 10.1. The highest BCUT2D eigenvalue weighted by atomic mass is 32.2. The van der Waals surface area contributed by atoms with E-state index in [9.17, 15) is 18.0 Å². The Morgan fingerprint density at radius 2 is 1.79 bits per heavy atom. The molecule has 0 bridgehead atoms. The lowest BCUT2D eigenvalue weighted by Crippen LogP contribution is -2.13. The summed E-state index contributed by atoms with van der Waals surface area (Å²) in [6, 6.07) is 10.1. The fourth-order valence-electron chi connectivity index (χ4n) is 3.49. The zero-order valence-corrected chi connectivity index (χ0v) is 18.9. The molecule has 1 fully saturated rings. The first-order chi connectivity index (χ1) is 16.3. The predicted molar refractivity (Wildman–Crippen MR) is 126 cm³/mol. The molecule has 2 amide bonds. The van der Waals surface area contributed by atoms with Crippen LogP contribution in [0.25, 0.3) is 22.0 Å². The van der Waals surface area contributed by atoms with E-state index >= 15 is 0 Å². The van der Waals surface area contributed by atoms with Gasteiger partial charge in [0.05, 0.1) is 29.3 Å². The number of H-pyrrole nitrogens is 1. The minimum Gasteiger partial charge on any atom is -0.324 e. The van der Waals surface area contributed by atoms with Gasteiger partial charge in [-0.15, -0.1) is 0 Å². The summed E-state index contributed by atoms with van der Waals surface area (Å²) in [4.78, 5) is 33.0. The topological polar surface area (TPSA) is 147 Å². The third-order valence-corrected chi connectivity index (χ3v) is 6.44. The van der Waals surface area contributed by atoms with Gasteiger partial charge in [0.2, 0.25) is 5.91 Å². The first-order valence-electron chi connectivity index (χ1n) is 10.5. The number of carbonyl (C=O) groups is 2. The van der Waals surface area contributed by atoms with Crippen LogP contribution in [0.2, 0.25) is 0 Å². The average Bonchev–Trinajstić information content (AvgIpc) is 3.58. The molecular formula is C23H20N6O4S. The third-order valence-electron chi connectivity index (χ3n) is 5.44. The van der Waals surface area contributed by atoms with Crippen molar-refractivity contribution in [2.45, 2.75) is 17.9 Å². The molecule has 172 valence electrons. The van der Waals surface area contributed by atoms with Crippen LogP contribution in [0.5, 0.6) is 0 Å². The molecule has 1 aliphatic rings. The molecule has 1 aliphatic carbocycles. The van der Waals surface area contributed by atoms with Gasteiger partial charge in [-0.2, -0.15) is 5.10 Å². The molecular weight excluding hydrogens is 456 g/mol. The van der Waals surface area contributed by atoms with Crippen molar-refractivity contribution >= 4 is 43.9 Å². The van der Waals surface area contributed by atoms with Crippen LogP contribution in [0.3, 0.4) is 0 Å². The maximum atomic E-state index is 12.9. The molecule has 5 rings (SSSR count). The number of amides is 2. The van der Waals surface area contributed by atoms with Gasteiger partial charge in [0, 0.05) is 29.3 Å². The second-order valence-electron chi connectivity index (χ2n) is 8.17. The number of carbonyl (C=O) groups excluding carboxylic acids is 2. The summed E-state index contributed by atoms with van der Waals surface area (Å²) in [6.45, 7) is 0. The van der Waals surface area contributed by atoms with E-state index in [-0.39, 0.29) is 22.5 Å². The summed E-state index contributed by atoms with van der Waals surface area (Å²) >= 11 is 0. The third kappa shape index (κ3) is 4.50. The predicted octanol–water partition coefficient (Wildman–Crippen LogP) is 3.02. The van der Waals surface area contributed by atoms with Crippen molar-refractivity contribution in [3.8, 4) is 11.1 Å². The molecule has 1 saturated carbocycles. The number of pyridine rings is 2. The highest BCUT2D eigenvalue weighted by Gasteiger charge is 2.29. The summed E-state index contributed by atoms with van der Waals surface area (Å²) in [7, 11) is -3.43. The average molecular weight is 477 g/mol. The fourth-order valence-corrected chi connectivity index (χ4v) is 4.05. The van der Waals surface area contributed by atoms with Crippen molar-refractivity contribution in [1.82, 2.24) is 20.2 Å². The van der Waals surface area contributed by atoms with E-state index in [0.29, 0.717) is 22.3 Å². The minimum absolute atomic E-state index is 0.00209. The molecule has 10 nitrogen and oxygen atoms in total. The molecule has 0 radical (unpaired) electrons. The van der Waals surface area contributed by atoms with Crippen molar-refractivity contribution in [2.24, 2.45) is 5.92 Å². The molecule has 0 spiro atoms. The van der Waals surface area contributed by atoms with Crippen LogP contribution < -0.4 is 10.6 Å². The molecule has 0 atom stereocenters. The number of aromatic nitrogens is 4. The number of nitrogens with zero attached hydrogens (tertiary/aromatic N) is 3. The molecule has 3 heterocycles. The Morgan fingerprint density at radius 1 is 0.971 bits per heavy atom. The summed E-state index contributed by atoms with van der Waals surface area (Å²) < 4.78 is 23.1. The lowest BCUT2D eigenvalue weighted by atomic mass is 10.0. The number of rotatable bonds is 6. The number of nitrogens with one attached hydrogen (secondary N) is 3. The van der Waals surface area contributed by atoms with E-state index in [2.05, 4.69) is 30.8 Å². The Labute approximate surface area is 194 Å². The lowest BCUT2D eigenvalue weighted by Gasteiger charge is -2.07. The molecule has 11 heteroatoms. The van der Waals surface area contributed by atoms with E-state index in [1.54, 1.807) is 12.4 Å². The van der Waals surface area contributed by atoms with Crippen LogP contribution in [0.4, 0.5) is 11.4 Å². The minimum atomic E-state index is -3.43. The molecule has 3 N–H and O–H groups in total. The van der Waals surface area contributed by atoms with Crippen LogP contribution in [-0.2, 0) is 14.6 Å². The van der Waals surface area contributed by atoms with Crippen molar-refractivity contribution in [3.63, 3.8) is 0 Å². The van der Waals surface area contributed by atoms with Crippen LogP contribution in [0.1, 0.15) is 23.3 Å². The SMILES string of the molecule is CS(=O)(=O)c1ccc(NC(=O)c2n[nH]c3ccc(-c4cncc(NC(=O)C5CC5)c4)cc23)cn1. The van der Waals surface area contributed by atoms with Gasteiger partial charge in [-0.3, -0.25) is 19.7 Å². The highest BCUT2D eigenvalue weighted by Crippen LogP contribution is 2.31. The van der Waals surface area contributed by atoms with E-state index in [1.807, 2.05) is 24.3 Å². The smallest absolute Gasteiger partial charge is 0.276 e. The summed E-state index contributed by atoms with van der Waals surface area (Å²) in [6.07, 6.45) is 7.46.